The number of H-pyrrole nitrogens is 1. The molecule has 0 bridgehead atoms. The summed E-state index contributed by atoms with van der Waals surface area (Å²) in [5.41, 5.74) is 3.60. The molecule has 3 rings (SSSR count). The number of fused-ring (bicyclic) bond motifs is 3. The normalized spacial score (nSPS) is 11.9. The van der Waals surface area contributed by atoms with E-state index in [9.17, 15) is 14.4 Å². The summed E-state index contributed by atoms with van der Waals surface area (Å²) >= 11 is 0. The fraction of sp³-hybridized carbons (Fsp3) is 0.350. The molecule has 0 spiro atoms. The van der Waals surface area contributed by atoms with Gasteiger partial charge in [-0.05, 0) is 43.5 Å². The Kier molecular flexibility index (Phi) is 4.93. The van der Waals surface area contributed by atoms with E-state index < -0.39 is 11.9 Å². The molecule has 1 aliphatic rings. The highest BCUT2D eigenvalue weighted by Crippen LogP contribution is 2.40. The molecule has 0 saturated heterocycles. The van der Waals surface area contributed by atoms with Crippen LogP contribution in [0.3, 0.4) is 0 Å². The summed E-state index contributed by atoms with van der Waals surface area (Å²) in [6.45, 7) is 4.05. The topological polar surface area (TPSA) is 85.5 Å². The van der Waals surface area contributed by atoms with Gasteiger partial charge in [0, 0.05) is 11.1 Å². The molecule has 0 fully saturated rings. The van der Waals surface area contributed by atoms with Crippen molar-refractivity contribution in [1.29, 1.82) is 0 Å². The highest BCUT2D eigenvalue weighted by Gasteiger charge is 2.35. The number of carbonyl (C=O) groups is 3. The third-order valence-corrected chi connectivity index (χ3v) is 4.55. The molecule has 0 unspecified atom stereocenters. The average molecular weight is 355 g/mol. The molecule has 1 N–H and O–H groups in total. The lowest BCUT2D eigenvalue weighted by atomic mass is 10.0. The van der Waals surface area contributed by atoms with Crippen molar-refractivity contribution in [1.82, 2.24) is 4.98 Å². The molecule has 136 valence electrons. The van der Waals surface area contributed by atoms with Gasteiger partial charge in [-0.25, -0.2) is 9.59 Å². The van der Waals surface area contributed by atoms with Crippen LogP contribution in [0.5, 0.6) is 0 Å². The number of hydrogen-bond acceptors (Lipinski definition) is 5. The lowest BCUT2D eigenvalue weighted by molar-refractivity contribution is 0.0518. The number of ether oxygens (including phenoxy) is 2. The number of unbranched alkanes of at least 4 members (excludes halogenated alkanes) is 1. The number of aromatic amines is 1. The molecule has 6 heteroatoms. The van der Waals surface area contributed by atoms with Crippen LogP contribution in [0.25, 0.3) is 11.3 Å². The van der Waals surface area contributed by atoms with E-state index in [1.54, 1.807) is 25.1 Å². The molecule has 0 aliphatic heterocycles. The van der Waals surface area contributed by atoms with Crippen LogP contribution in [-0.2, 0) is 15.9 Å². The Bertz CT molecular complexity index is 894. The highest BCUT2D eigenvalue weighted by molar-refractivity contribution is 6.23. The van der Waals surface area contributed by atoms with Crippen LogP contribution in [0.4, 0.5) is 0 Å². The molecule has 0 amide bonds. The summed E-state index contributed by atoms with van der Waals surface area (Å²) in [4.78, 5) is 40.2. The Hall–Kier alpha value is -2.89. The smallest absolute Gasteiger partial charge is 0.355 e. The van der Waals surface area contributed by atoms with Gasteiger partial charge in [0.1, 0.15) is 5.69 Å². The van der Waals surface area contributed by atoms with Gasteiger partial charge in [0.05, 0.1) is 30.5 Å². The Morgan fingerprint density at radius 3 is 2.54 bits per heavy atom. The van der Waals surface area contributed by atoms with Crippen LogP contribution >= 0.6 is 0 Å². The monoisotopic (exact) mass is 355 g/mol. The van der Waals surface area contributed by atoms with Crippen molar-refractivity contribution < 1.29 is 23.9 Å². The summed E-state index contributed by atoms with van der Waals surface area (Å²) in [7, 11) is 1.31. The van der Waals surface area contributed by atoms with E-state index in [1.165, 1.54) is 7.11 Å². The summed E-state index contributed by atoms with van der Waals surface area (Å²) in [5.74, 6) is -1.08. The largest absolute Gasteiger partial charge is 0.465 e. The third-order valence-electron chi connectivity index (χ3n) is 4.55. The molecule has 1 aromatic carbocycles. The van der Waals surface area contributed by atoms with Crippen molar-refractivity contribution >= 4 is 17.7 Å². The average Bonchev–Trinajstić information content (AvgIpc) is 3.15. The van der Waals surface area contributed by atoms with E-state index in [-0.39, 0.29) is 12.4 Å². The number of benzene rings is 1. The molecule has 2 aromatic rings. The minimum Gasteiger partial charge on any atom is -0.465 e. The molecule has 0 radical (unpaired) electrons. The van der Waals surface area contributed by atoms with E-state index in [2.05, 4.69) is 11.9 Å². The first kappa shape index (κ1) is 17.9. The molecule has 1 heterocycles. The molecule has 1 aromatic heterocycles. The molecule has 6 nitrogen and oxygen atoms in total. The molecule has 0 atom stereocenters. The quantitative estimate of drug-likeness (QED) is 0.684. The second kappa shape index (κ2) is 7.15. The maximum absolute atomic E-state index is 12.9. The predicted octanol–water partition coefficient (Wildman–Crippen LogP) is 3.53. The Balaban J connectivity index is 2.15. The van der Waals surface area contributed by atoms with Gasteiger partial charge in [-0.1, -0.05) is 13.3 Å². The lowest BCUT2D eigenvalue weighted by Crippen LogP contribution is -2.10. The highest BCUT2D eigenvalue weighted by atomic mass is 16.5. The predicted molar refractivity (Wildman–Crippen MR) is 95.6 cm³/mol. The SMILES string of the molecule is CCCCc1c(C(=O)OCC)[nH]c2c1C(=O)c1ccc(C(=O)OC)cc1-2. The fourth-order valence-electron chi connectivity index (χ4n) is 3.30. The van der Waals surface area contributed by atoms with E-state index in [1.807, 2.05) is 0 Å². The van der Waals surface area contributed by atoms with E-state index in [0.717, 1.165) is 12.8 Å². The van der Waals surface area contributed by atoms with Crippen molar-refractivity contribution in [2.75, 3.05) is 13.7 Å². The van der Waals surface area contributed by atoms with Crippen molar-refractivity contribution in [3.8, 4) is 11.3 Å². The van der Waals surface area contributed by atoms with Gasteiger partial charge in [0.15, 0.2) is 5.78 Å². The Morgan fingerprint density at radius 2 is 1.88 bits per heavy atom. The number of ketones is 1. The summed E-state index contributed by atoms with van der Waals surface area (Å²) in [6.07, 6.45) is 2.41. The molecular formula is C20H21NO5. The number of aromatic nitrogens is 1. The molecule has 0 saturated carbocycles. The van der Waals surface area contributed by atoms with Crippen LogP contribution < -0.4 is 0 Å². The Labute approximate surface area is 151 Å². The van der Waals surface area contributed by atoms with E-state index in [0.29, 0.717) is 45.6 Å². The number of nitrogens with one attached hydrogen (secondary N) is 1. The number of methoxy groups -OCH3 is 1. The van der Waals surface area contributed by atoms with E-state index >= 15 is 0 Å². The molecule has 26 heavy (non-hydrogen) atoms. The lowest BCUT2D eigenvalue weighted by Gasteiger charge is -2.06. The Morgan fingerprint density at radius 1 is 1.12 bits per heavy atom. The number of esters is 2. The zero-order chi connectivity index (χ0) is 18.8. The van der Waals surface area contributed by atoms with Crippen molar-refractivity contribution in [2.24, 2.45) is 0 Å². The zero-order valence-electron chi connectivity index (χ0n) is 15.1. The van der Waals surface area contributed by atoms with Crippen LogP contribution in [0.1, 0.15) is 69.0 Å². The second-order valence-corrected chi connectivity index (χ2v) is 6.13. The van der Waals surface area contributed by atoms with Gasteiger partial charge >= 0.3 is 11.9 Å². The van der Waals surface area contributed by atoms with Crippen molar-refractivity contribution in [3.63, 3.8) is 0 Å². The standard InChI is InChI=1S/C20H21NO5/c1-4-6-7-13-15-16(21-17(13)20(24)26-5-2)14-10-11(19(23)25-3)8-9-12(14)18(15)22/h8-10,21H,4-7H2,1-3H3. The van der Waals surface area contributed by atoms with Gasteiger partial charge < -0.3 is 14.5 Å². The van der Waals surface area contributed by atoms with Crippen molar-refractivity contribution in [2.45, 2.75) is 33.1 Å². The van der Waals surface area contributed by atoms with Gasteiger partial charge in [0.25, 0.3) is 0 Å². The number of carbonyl (C=O) groups excluding carboxylic acids is 3. The van der Waals surface area contributed by atoms with Gasteiger partial charge in [-0.3, -0.25) is 4.79 Å². The summed E-state index contributed by atoms with van der Waals surface area (Å²) in [6, 6.07) is 4.83. The van der Waals surface area contributed by atoms with Gasteiger partial charge in [0.2, 0.25) is 0 Å². The van der Waals surface area contributed by atoms with E-state index in [4.69, 9.17) is 9.47 Å². The van der Waals surface area contributed by atoms with Crippen molar-refractivity contribution in [3.05, 3.63) is 46.1 Å². The minimum atomic E-state index is -0.475. The molecular weight excluding hydrogens is 334 g/mol. The first-order valence-electron chi connectivity index (χ1n) is 8.72. The van der Waals surface area contributed by atoms with Crippen LogP contribution in [-0.4, -0.2) is 36.4 Å². The van der Waals surface area contributed by atoms with Gasteiger partial charge in [-0.15, -0.1) is 0 Å². The minimum absolute atomic E-state index is 0.135. The number of rotatable bonds is 6. The third kappa shape index (κ3) is 2.81. The van der Waals surface area contributed by atoms with Gasteiger partial charge in [-0.2, -0.15) is 0 Å². The number of hydrogen-bond donors (Lipinski definition) is 1. The second-order valence-electron chi connectivity index (χ2n) is 6.13. The van der Waals surface area contributed by atoms with Crippen LogP contribution in [0.2, 0.25) is 0 Å². The summed E-state index contributed by atoms with van der Waals surface area (Å²) in [5, 5.41) is 0. The molecule has 1 aliphatic carbocycles. The zero-order valence-corrected chi connectivity index (χ0v) is 15.1. The van der Waals surface area contributed by atoms with Crippen LogP contribution in [0.15, 0.2) is 18.2 Å². The first-order chi connectivity index (χ1) is 12.5. The summed E-state index contributed by atoms with van der Waals surface area (Å²) < 4.78 is 9.89. The fourth-order valence-corrected chi connectivity index (χ4v) is 3.30. The maximum atomic E-state index is 12.9. The maximum Gasteiger partial charge on any atom is 0.355 e. The first-order valence-corrected chi connectivity index (χ1v) is 8.72. The van der Waals surface area contributed by atoms with Crippen LogP contribution in [0, 0.1) is 0 Å².